The van der Waals surface area contributed by atoms with E-state index in [1.807, 2.05) is 0 Å². The highest BCUT2D eigenvalue weighted by molar-refractivity contribution is 5.90. The van der Waals surface area contributed by atoms with Crippen molar-refractivity contribution < 1.29 is 28.2 Å². The zero-order valence-corrected chi connectivity index (χ0v) is 14.6. The average molecular weight is 385 g/mol. The van der Waals surface area contributed by atoms with E-state index in [2.05, 4.69) is 10.0 Å². The van der Waals surface area contributed by atoms with Crippen LogP contribution in [-0.2, 0) is 14.2 Å². The van der Waals surface area contributed by atoms with Gasteiger partial charge in [0.25, 0.3) is 0 Å². The minimum Gasteiger partial charge on any atom is -0.459 e. The van der Waals surface area contributed by atoms with Crippen LogP contribution in [0.25, 0.3) is 10.4 Å². The van der Waals surface area contributed by atoms with Crippen LogP contribution in [0.4, 0.5) is 4.39 Å². The lowest BCUT2D eigenvalue weighted by atomic mass is 10.1. The summed E-state index contributed by atoms with van der Waals surface area (Å²) in [6.07, 6.45) is -5.90. The molecule has 0 spiro atoms. The van der Waals surface area contributed by atoms with E-state index in [1.54, 1.807) is 48.5 Å². The predicted molar refractivity (Wildman–Crippen MR) is 95.1 cm³/mol. The molecule has 1 saturated heterocycles. The maximum Gasteiger partial charge on any atom is 0.338 e. The van der Waals surface area contributed by atoms with Crippen molar-refractivity contribution in [3.05, 3.63) is 82.2 Å². The summed E-state index contributed by atoms with van der Waals surface area (Å²) in [6.45, 7) is -0.377. The first kappa shape index (κ1) is 19.3. The molecule has 1 heterocycles. The highest BCUT2D eigenvalue weighted by Gasteiger charge is 2.48. The van der Waals surface area contributed by atoms with E-state index in [1.165, 1.54) is 12.1 Å². The molecule has 144 valence electrons. The third-order valence-corrected chi connectivity index (χ3v) is 4.07. The van der Waals surface area contributed by atoms with Crippen molar-refractivity contribution in [3.63, 3.8) is 0 Å². The fourth-order valence-electron chi connectivity index (χ4n) is 2.70. The standard InChI is InChI=1S/C19H16FN3O5/c20-15-16(28-19(25)13-9-5-2-6-10-13)14(27-17(15)22-23-21)11-26-18(24)12-7-3-1-4-8-12/h1-10,14-17H,11H2/t14-,15+,16-,17-/m0/s1. The molecule has 0 aromatic heterocycles. The van der Waals surface area contributed by atoms with E-state index in [4.69, 9.17) is 19.7 Å². The number of hydrogen-bond acceptors (Lipinski definition) is 6. The minimum atomic E-state index is -1.90. The van der Waals surface area contributed by atoms with Crippen LogP contribution in [0.3, 0.4) is 0 Å². The summed E-state index contributed by atoms with van der Waals surface area (Å²) in [5.41, 5.74) is 9.09. The first-order valence-corrected chi connectivity index (χ1v) is 8.42. The van der Waals surface area contributed by atoms with Gasteiger partial charge in [0.2, 0.25) is 0 Å². The molecular weight excluding hydrogens is 369 g/mol. The first-order chi connectivity index (χ1) is 13.6. The van der Waals surface area contributed by atoms with Gasteiger partial charge in [-0.25, -0.2) is 14.0 Å². The summed E-state index contributed by atoms with van der Waals surface area (Å²) >= 11 is 0. The van der Waals surface area contributed by atoms with Crippen molar-refractivity contribution in [2.45, 2.75) is 24.6 Å². The van der Waals surface area contributed by atoms with Gasteiger partial charge in [0, 0.05) is 4.91 Å². The number of hydrogen-bond donors (Lipinski definition) is 0. The summed E-state index contributed by atoms with van der Waals surface area (Å²) in [5, 5.41) is 3.22. The van der Waals surface area contributed by atoms with Crippen LogP contribution in [0.2, 0.25) is 0 Å². The number of ether oxygens (including phenoxy) is 3. The average Bonchev–Trinajstić information content (AvgIpc) is 3.02. The number of alkyl halides is 1. The molecule has 1 aliphatic rings. The Morgan fingerprint density at radius 2 is 1.61 bits per heavy atom. The maximum absolute atomic E-state index is 14.6. The number of esters is 2. The number of carbonyl (C=O) groups excluding carboxylic acids is 2. The second kappa shape index (κ2) is 8.98. The quantitative estimate of drug-likeness (QED) is 0.327. The van der Waals surface area contributed by atoms with Crippen molar-refractivity contribution in [3.8, 4) is 0 Å². The largest absolute Gasteiger partial charge is 0.459 e. The molecule has 28 heavy (non-hydrogen) atoms. The van der Waals surface area contributed by atoms with Crippen LogP contribution < -0.4 is 0 Å². The SMILES string of the molecule is [N-]=[N+]=N[C@H]1O[C@@H](COC(=O)c2ccccc2)[C@H](OC(=O)c2ccccc2)[C@H]1F. The van der Waals surface area contributed by atoms with Crippen molar-refractivity contribution in [2.24, 2.45) is 5.11 Å². The van der Waals surface area contributed by atoms with Crippen LogP contribution in [0.1, 0.15) is 20.7 Å². The second-order valence-corrected chi connectivity index (χ2v) is 5.91. The van der Waals surface area contributed by atoms with E-state index >= 15 is 0 Å². The molecule has 0 unspecified atom stereocenters. The molecule has 0 saturated carbocycles. The zero-order valence-electron chi connectivity index (χ0n) is 14.6. The van der Waals surface area contributed by atoms with Gasteiger partial charge < -0.3 is 14.2 Å². The van der Waals surface area contributed by atoms with Crippen LogP contribution in [0.15, 0.2) is 65.8 Å². The van der Waals surface area contributed by atoms with Crippen molar-refractivity contribution in [1.29, 1.82) is 0 Å². The third-order valence-electron chi connectivity index (χ3n) is 4.07. The monoisotopic (exact) mass is 385 g/mol. The van der Waals surface area contributed by atoms with Gasteiger partial charge in [0.15, 0.2) is 18.5 Å². The molecule has 8 nitrogen and oxygen atoms in total. The van der Waals surface area contributed by atoms with Crippen molar-refractivity contribution in [1.82, 2.24) is 0 Å². The Bertz CT molecular complexity index is 874. The fourth-order valence-corrected chi connectivity index (χ4v) is 2.70. The van der Waals surface area contributed by atoms with Crippen molar-refractivity contribution >= 4 is 11.9 Å². The topological polar surface area (TPSA) is 111 Å². The molecule has 1 fully saturated rings. The lowest BCUT2D eigenvalue weighted by Gasteiger charge is -2.20. The van der Waals surface area contributed by atoms with Gasteiger partial charge in [-0.3, -0.25) is 0 Å². The van der Waals surface area contributed by atoms with Gasteiger partial charge >= 0.3 is 11.9 Å². The summed E-state index contributed by atoms with van der Waals surface area (Å²) in [5.74, 6) is -1.40. The lowest BCUT2D eigenvalue weighted by molar-refractivity contribution is -0.0416. The van der Waals surface area contributed by atoms with E-state index in [0.29, 0.717) is 5.56 Å². The molecule has 2 aromatic carbocycles. The Labute approximate surface area is 159 Å². The molecular formula is C19H16FN3O5. The Morgan fingerprint density at radius 3 is 2.18 bits per heavy atom. The second-order valence-electron chi connectivity index (χ2n) is 5.91. The smallest absolute Gasteiger partial charge is 0.338 e. The molecule has 9 heteroatoms. The predicted octanol–water partition coefficient (Wildman–Crippen LogP) is 3.44. The molecule has 0 amide bonds. The van der Waals surface area contributed by atoms with Gasteiger partial charge in [0.05, 0.1) is 11.1 Å². The Kier molecular flexibility index (Phi) is 6.21. The first-order valence-electron chi connectivity index (χ1n) is 8.42. The molecule has 0 bridgehead atoms. The lowest BCUT2D eigenvalue weighted by Crippen LogP contribution is -2.37. The molecule has 3 rings (SSSR count). The summed E-state index contributed by atoms with van der Waals surface area (Å²) < 4.78 is 30.3. The molecule has 0 aliphatic carbocycles. The Balaban J connectivity index is 1.70. The third kappa shape index (κ3) is 4.46. The Hall–Kier alpha value is -3.42. The van der Waals surface area contributed by atoms with Gasteiger partial charge in [0.1, 0.15) is 12.7 Å². The van der Waals surface area contributed by atoms with E-state index in [0.717, 1.165) is 0 Å². The summed E-state index contributed by atoms with van der Waals surface area (Å²) in [7, 11) is 0. The van der Waals surface area contributed by atoms with E-state index < -0.39 is 36.5 Å². The van der Waals surface area contributed by atoms with E-state index in [-0.39, 0.29) is 12.2 Å². The van der Waals surface area contributed by atoms with Crippen LogP contribution in [0, 0.1) is 0 Å². The fraction of sp³-hybridized carbons (Fsp3) is 0.263. The van der Waals surface area contributed by atoms with Gasteiger partial charge in [-0.15, -0.1) is 0 Å². The van der Waals surface area contributed by atoms with Gasteiger partial charge in [-0.1, -0.05) is 41.5 Å². The highest BCUT2D eigenvalue weighted by Crippen LogP contribution is 2.29. The molecule has 2 aromatic rings. The van der Waals surface area contributed by atoms with Crippen molar-refractivity contribution in [2.75, 3.05) is 6.61 Å². The normalized spacial score (nSPS) is 23.5. The van der Waals surface area contributed by atoms with Gasteiger partial charge in [-0.05, 0) is 29.8 Å². The molecule has 4 atom stereocenters. The number of azide groups is 1. The minimum absolute atomic E-state index is 0.224. The number of nitrogens with zero attached hydrogens (tertiary/aromatic N) is 3. The van der Waals surface area contributed by atoms with E-state index in [9.17, 15) is 14.0 Å². The number of benzene rings is 2. The number of rotatable bonds is 6. The highest BCUT2D eigenvalue weighted by atomic mass is 19.1. The Morgan fingerprint density at radius 1 is 1.04 bits per heavy atom. The molecule has 1 aliphatic heterocycles. The zero-order chi connectivity index (χ0) is 19.9. The number of carbonyl (C=O) groups is 2. The molecule has 0 N–H and O–H groups in total. The van der Waals surface area contributed by atoms with Crippen LogP contribution >= 0.6 is 0 Å². The number of halogens is 1. The maximum atomic E-state index is 14.6. The van der Waals surface area contributed by atoms with Crippen LogP contribution in [-0.4, -0.2) is 43.2 Å². The van der Waals surface area contributed by atoms with Crippen LogP contribution in [0.5, 0.6) is 0 Å². The molecule has 0 radical (unpaired) electrons. The summed E-state index contributed by atoms with van der Waals surface area (Å²) in [6, 6.07) is 16.2. The van der Waals surface area contributed by atoms with Gasteiger partial charge in [-0.2, -0.15) is 0 Å². The summed E-state index contributed by atoms with van der Waals surface area (Å²) in [4.78, 5) is 26.9.